The molecule has 1 atom stereocenters. The molecular formula is C11H18NO2. The third-order valence-electron chi connectivity index (χ3n) is 3.78. The van der Waals surface area contributed by atoms with Crippen LogP contribution in [0.1, 0.15) is 19.3 Å². The fourth-order valence-electron chi connectivity index (χ4n) is 2.94. The minimum absolute atomic E-state index is 0.572. The van der Waals surface area contributed by atoms with E-state index < -0.39 is 0 Å². The molecule has 0 N–H and O–H groups in total. The van der Waals surface area contributed by atoms with E-state index in [1.165, 1.54) is 38.5 Å². The van der Waals surface area contributed by atoms with Gasteiger partial charge in [0.05, 0.1) is 19.8 Å². The van der Waals surface area contributed by atoms with Crippen LogP contribution in [0.25, 0.3) is 0 Å². The molecule has 0 saturated carbocycles. The van der Waals surface area contributed by atoms with Crippen LogP contribution < -0.4 is 0 Å². The number of ether oxygens (including phenoxy) is 2. The van der Waals surface area contributed by atoms with Crippen LogP contribution in [0.2, 0.25) is 0 Å². The van der Waals surface area contributed by atoms with Gasteiger partial charge in [0.2, 0.25) is 0 Å². The molecule has 14 heavy (non-hydrogen) atoms. The maximum atomic E-state index is 5.72. The molecule has 4 fully saturated rings. The standard InChI is InChI=1S/C11H18NO2/c1-3-12-4-2-9(1)7-10(12)11-8-13-5-6-14-11/h9-10H,1-8H2. The smallest absolute Gasteiger partial charge is 0.139 e. The summed E-state index contributed by atoms with van der Waals surface area (Å²) in [6, 6.07) is 0.572. The summed E-state index contributed by atoms with van der Waals surface area (Å²) in [6.45, 7) is 4.78. The molecule has 0 spiro atoms. The van der Waals surface area contributed by atoms with E-state index in [2.05, 4.69) is 4.90 Å². The van der Waals surface area contributed by atoms with Crippen LogP contribution in [0.3, 0.4) is 0 Å². The Morgan fingerprint density at radius 3 is 2.57 bits per heavy atom. The summed E-state index contributed by atoms with van der Waals surface area (Å²) < 4.78 is 11.2. The minimum Gasteiger partial charge on any atom is -0.376 e. The minimum atomic E-state index is 0.572. The van der Waals surface area contributed by atoms with Crippen LogP contribution in [-0.2, 0) is 9.47 Å². The van der Waals surface area contributed by atoms with Crippen molar-refractivity contribution in [1.82, 2.24) is 4.90 Å². The summed E-state index contributed by atoms with van der Waals surface area (Å²) in [5.41, 5.74) is 0. The average molecular weight is 196 g/mol. The van der Waals surface area contributed by atoms with Gasteiger partial charge in [-0.2, -0.15) is 0 Å². The molecule has 4 rings (SSSR count). The Bertz CT molecular complexity index is 195. The summed E-state index contributed by atoms with van der Waals surface area (Å²) >= 11 is 0. The Hall–Kier alpha value is -0.120. The zero-order valence-electron chi connectivity index (χ0n) is 8.58. The van der Waals surface area contributed by atoms with Crippen LogP contribution in [-0.4, -0.2) is 43.9 Å². The SMILES string of the molecule is C1CO[C](C2CC3CCN2CC3)CO1. The number of fused-ring (bicyclic) bond motifs is 3. The molecule has 0 aliphatic carbocycles. The first kappa shape index (κ1) is 9.13. The lowest BCUT2D eigenvalue weighted by atomic mass is 9.81. The number of hydrogen-bond donors (Lipinski definition) is 0. The fourth-order valence-corrected chi connectivity index (χ4v) is 2.94. The maximum absolute atomic E-state index is 5.72. The second-order valence-corrected chi connectivity index (χ2v) is 4.60. The van der Waals surface area contributed by atoms with E-state index in [0.29, 0.717) is 6.04 Å². The number of piperidine rings is 3. The maximum Gasteiger partial charge on any atom is 0.139 e. The third kappa shape index (κ3) is 1.58. The summed E-state index contributed by atoms with van der Waals surface area (Å²) in [5, 5.41) is 0. The highest BCUT2D eigenvalue weighted by molar-refractivity contribution is 5.02. The highest BCUT2D eigenvalue weighted by atomic mass is 16.6. The topological polar surface area (TPSA) is 21.7 Å². The van der Waals surface area contributed by atoms with Gasteiger partial charge in [0.25, 0.3) is 0 Å². The first-order valence-electron chi connectivity index (χ1n) is 5.74. The van der Waals surface area contributed by atoms with Gasteiger partial charge in [0.1, 0.15) is 6.10 Å². The van der Waals surface area contributed by atoms with Gasteiger partial charge in [0.15, 0.2) is 0 Å². The van der Waals surface area contributed by atoms with Crippen LogP contribution in [0.4, 0.5) is 0 Å². The Morgan fingerprint density at radius 2 is 2.00 bits per heavy atom. The van der Waals surface area contributed by atoms with Crippen LogP contribution >= 0.6 is 0 Å². The van der Waals surface area contributed by atoms with Gasteiger partial charge in [0, 0.05) is 6.04 Å². The van der Waals surface area contributed by atoms with Crippen molar-refractivity contribution >= 4 is 0 Å². The highest BCUT2D eigenvalue weighted by Gasteiger charge is 2.39. The van der Waals surface area contributed by atoms with Crippen molar-refractivity contribution in [3.63, 3.8) is 0 Å². The molecule has 2 bridgehead atoms. The molecule has 0 aromatic carbocycles. The van der Waals surface area contributed by atoms with Crippen molar-refractivity contribution in [1.29, 1.82) is 0 Å². The predicted octanol–water partition coefficient (Wildman–Crippen LogP) is 1.05. The number of nitrogens with zero attached hydrogens (tertiary/aromatic N) is 1. The zero-order chi connectivity index (χ0) is 9.38. The highest BCUT2D eigenvalue weighted by Crippen LogP contribution is 2.36. The summed E-state index contributed by atoms with van der Waals surface area (Å²) in [7, 11) is 0. The molecule has 4 heterocycles. The van der Waals surface area contributed by atoms with Crippen molar-refractivity contribution < 1.29 is 9.47 Å². The average Bonchev–Trinajstić information content (AvgIpc) is 2.32. The lowest BCUT2D eigenvalue weighted by molar-refractivity contribution is -0.0790. The van der Waals surface area contributed by atoms with E-state index >= 15 is 0 Å². The van der Waals surface area contributed by atoms with Crippen LogP contribution in [0, 0.1) is 12.0 Å². The third-order valence-corrected chi connectivity index (χ3v) is 3.78. The molecule has 3 nitrogen and oxygen atoms in total. The normalized spacial score (nSPS) is 44.1. The van der Waals surface area contributed by atoms with E-state index in [9.17, 15) is 0 Å². The van der Waals surface area contributed by atoms with Gasteiger partial charge in [-0.15, -0.1) is 0 Å². The molecule has 4 aliphatic rings. The molecule has 4 aliphatic heterocycles. The largest absolute Gasteiger partial charge is 0.376 e. The molecular weight excluding hydrogens is 178 g/mol. The predicted molar refractivity (Wildman–Crippen MR) is 52.7 cm³/mol. The molecule has 1 radical (unpaired) electrons. The Balaban J connectivity index is 1.66. The monoisotopic (exact) mass is 196 g/mol. The summed E-state index contributed by atoms with van der Waals surface area (Å²) in [4.78, 5) is 2.57. The van der Waals surface area contributed by atoms with E-state index in [4.69, 9.17) is 9.47 Å². The van der Waals surface area contributed by atoms with E-state index in [1.807, 2.05) is 0 Å². The van der Waals surface area contributed by atoms with Gasteiger partial charge in [-0.3, -0.25) is 4.90 Å². The Kier molecular flexibility index (Phi) is 2.48. The van der Waals surface area contributed by atoms with E-state index in [1.54, 1.807) is 0 Å². The Morgan fingerprint density at radius 1 is 1.14 bits per heavy atom. The number of hydrogen-bond acceptors (Lipinski definition) is 3. The van der Waals surface area contributed by atoms with E-state index in [-0.39, 0.29) is 0 Å². The quantitative estimate of drug-likeness (QED) is 0.625. The van der Waals surface area contributed by atoms with Gasteiger partial charge in [-0.1, -0.05) is 0 Å². The van der Waals surface area contributed by atoms with E-state index in [0.717, 1.165) is 25.7 Å². The second-order valence-electron chi connectivity index (χ2n) is 4.60. The summed E-state index contributed by atoms with van der Waals surface area (Å²) in [6.07, 6.45) is 5.29. The van der Waals surface area contributed by atoms with Gasteiger partial charge >= 0.3 is 0 Å². The molecule has 0 amide bonds. The van der Waals surface area contributed by atoms with Gasteiger partial charge in [-0.05, 0) is 38.3 Å². The Labute approximate surface area is 85.4 Å². The summed E-state index contributed by atoms with van der Waals surface area (Å²) in [5.74, 6) is 0.947. The van der Waals surface area contributed by atoms with Crippen molar-refractivity contribution in [2.75, 3.05) is 32.9 Å². The van der Waals surface area contributed by atoms with Crippen LogP contribution in [0.5, 0.6) is 0 Å². The number of rotatable bonds is 1. The zero-order valence-corrected chi connectivity index (χ0v) is 8.58. The first-order valence-corrected chi connectivity index (χ1v) is 5.74. The fraction of sp³-hybridized carbons (Fsp3) is 0.909. The lowest BCUT2D eigenvalue weighted by Crippen LogP contribution is -2.53. The van der Waals surface area contributed by atoms with Crippen molar-refractivity contribution in [3.8, 4) is 0 Å². The second kappa shape index (κ2) is 3.80. The molecule has 1 unspecified atom stereocenters. The van der Waals surface area contributed by atoms with Crippen molar-refractivity contribution in [3.05, 3.63) is 6.10 Å². The molecule has 3 heteroatoms. The first-order chi connectivity index (χ1) is 6.93. The molecule has 4 saturated heterocycles. The van der Waals surface area contributed by atoms with Crippen molar-refractivity contribution in [2.45, 2.75) is 25.3 Å². The van der Waals surface area contributed by atoms with Crippen LogP contribution in [0.15, 0.2) is 0 Å². The molecule has 0 aromatic rings. The molecule has 79 valence electrons. The molecule has 0 aromatic heterocycles. The van der Waals surface area contributed by atoms with Gasteiger partial charge in [-0.25, -0.2) is 0 Å². The van der Waals surface area contributed by atoms with Gasteiger partial charge < -0.3 is 9.47 Å². The van der Waals surface area contributed by atoms with Crippen molar-refractivity contribution in [2.24, 2.45) is 5.92 Å². The lowest BCUT2D eigenvalue weighted by Gasteiger charge is -2.48.